The van der Waals surface area contributed by atoms with Crippen LogP contribution in [0.1, 0.15) is 59.1 Å². The summed E-state index contributed by atoms with van der Waals surface area (Å²) < 4.78 is 1.75. The van der Waals surface area contributed by atoms with Crippen molar-refractivity contribution in [1.29, 1.82) is 0 Å². The van der Waals surface area contributed by atoms with Gasteiger partial charge >= 0.3 is 0 Å². The maximum atomic E-state index is 12.5. The van der Waals surface area contributed by atoms with Crippen molar-refractivity contribution in [2.45, 2.75) is 44.9 Å². The van der Waals surface area contributed by atoms with E-state index in [-0.39, 0.29) is 5.91 Å². The van der Waals surface area contributed by atoms with Gasteiger partial charge in [0, 0.05) is 19.2 Å². The van der Waals surface area contributed by atoms with Crippen molar-refractivity contribution in [1.82, 2.24) is 14.8 Å². The van der Waals surface area contributed by atoms with Gasteiger partial charge in [0.05, 0.1) is 22.5 Å². The Labute approximate surface area is 128 Å². The van der Waals surface area contributed by atoms with E-state index in [0.29, 0.717) is 11.5 Å². The number of hydrogen-bond acceptors (Lipinski definition) is 4. The Morgan fingerprint density at radius 2 is 2.14 bits per heavy atom. The molecule has 0 saturated heterocycles. The van der Waals surface area contributed by atoms with E-state index >= 15 is 0 Å². The molecular formula is C15H20N4OS. The highest BCUT2D eigenvalue weighted by molar-refractivity contribution is 7.15. The summed E-state index contributed by atoms with van der Waals surface area (Å²) in [4.78, 5) is 16.7. The zero-order valence-electron chi connectivity index (χ0n) is 12.4. The van der Waals surface area contributed by atoms with Crippen LogP contribution in [0.4, 0.5) is 5.00 Å². The lowest BCUT2D eigenvalue weighted by Crippen LogP contribution is -2.15. The maximum Gasteiger partial charge on any atom is 0.259 e. The van der Waals surface area contributed by atoms with Gasteiger partial charge in [-0.1, -0.05) is 19.3 Å². The second-order valence-corrected chi connectivity index (χ2v) is 6.87. The molecule has 1 aliphatic rings. The van der Waals surface area contributed by atoms with Crippen LogP contribution in [0.2, 0.25) is 0 Å². The van der Waals surface area contributed by atoms with Crippen molar-refractivity contribution in [3.05, 3.63) is 28.7 Å². The van der Waals surface area contributed by atoms with E-state index in [1.54, 1.807) is 10.9 Å². The molecule has 0 spiro atoms. The third kappa shape index (κ3) is 3.15. The standard InChI is InChI=1S/C15H20N4OS/c1-10-16-8-13(21-10)17-15(20)12-9-19(2)18-14(12)11-6-4-3-5-7-11/h8-9,11H,3-7H2,1-2H3,(H,17,20). The molecule has 0 aliphatic heterocycles. The lowest BCUT2D eigenvalue weighted by molar-refractivity contribution is 0.102. The minimum atomic E-state index is -0.0766. The summed E-state index contributed by atoms with van der Waals surface area (Å²) in [5.74, 6) is 0.344. The topological polar surface area (TPSA) is 59.8 Å². The fourth-order valence-electron chi connectivity index (χ4n) is 2.96. The Morgan fingerprint density at radius 3 is 2.81 bits per heavy atom. The summed E-state index contributed by atoms with van der Waals surface area (Å²) in [7, 11) is 1.87. The highest BCUT2D eigenvalue weighted by Gasteiger charge is 2.25. The minimum Gasteiger partial charge on any atom is -0.312 e. The number of nitrogens with zero attached hydrogens (tertiary/aromatic N) is 3. The van der Waals surface area contributed by atoms with Gasteiger partial charge in [-0.15, -0.1) is 11.3 Å². The van der Waals surface area contributed by atoms with Crippen molar-refractivity contribution in [2.24, 2.45) is 7.05 Å². The Hall–Kier alpha value is -1.69. The predicted molar refractivity (Wildman–Crippen MR) is 83.8 cm³/mol. The molecule has 21 heavy (non-hydrogen) atoms. The first kappa shape index (κ1) is 14.3. The van der Waals surface area contributed by atoms with Gasteiger partial charge in [-0.05, 0) is 19.8 Å². The third-order valence-electron chi connectivity index (χ3n) is 3.95. The van der Waals surface area contributed by atoms with Crippen molar-refractivity contribution in [3.63, 3.8) is 0 Å². The molecule has 1 fully saturated rings. The highest BCUT2D eigenvalue weighted by Crippen LogP contribution is 2.33. The van der Waals surface area contributed by atoms with Crippen LogP contribution in [0, 0.1) is 6.92 Å². The van der Waals surface area contributed by atoms with Gasteiger partial charge in [0.25, 0.3) is 5.91 Å². The van der Waals surface area contributed by atoms with Crippen LogP contribution in [0.25, 0.3) is 0 Å². The monoisotopic (exact) mass is 304 g/mol. The summed E-state index contributed by atoms with van der Waals surface area (Å²) in [6.07, 6.45) is 9.56. The van der Waals surface area contributed by atoms with Gasteiger partial charge in [-0.25, -0.2) is 4.98 Å². The lowest BCUT2D eigenvalue weighted by Gasteiger charge is -2.20. The molecular weight excluding hydrogens is 284 g/mol. The van der Waals surface area contributed by atoms with Crippen molar-refractivity contribution < 1.29 is 4.79 Å². The fraction of sp³-hybridized carbons (Fsp3) is 0.533. The first-order valence-electron chi connectivity index (χ1n) is 7.41. The first-order chi connectivity index (χ1) is 10.1. The third-order valence-corrected chi connectivity index (χ3v) is 4.78. The summed E-state index contributed by atoms with van der Waals surface area (Å²) in [6.45, 7) is 1.93. The summed E-state index contributed by atoms with van der Waals surface area (Å²) in [5.41, 5.74) is 1.66. The molecule has 0 unspecified atom stereocenters. The van der Waals surface area contributed by atoms with E-state index in [4.69, 9.17) is 0 Å². The van der Waals surface area contributed by atoms with E-state index in [1.165, 1.54) is 30.6 Å². The highest BCUT2D eigenvalue weighted by atomic mass is 32.1. The van der Waals surface area contributed by atoms with E-state index in [9.17, 15) is 4.79 Å². The summed E-state index contributed by atoms with van der Waals surface area (Å²) in [5, 5.41) is 9.22. The molecule has 0 atom stereocenters. The smallest absolute Gasteiger partial charge is 0.259 e. The van der Waals surface area contributed by atoms with Crippen LogP contribution < -0.4 is 5.32 Å². The van der Waals surface area contributed by atoms with Crippen LogP contribution in [0.3, 0.4) is 0 Å². The molecule has 1 saturated carbocycles. The minimum absolute atomic E-state index is 0.0766. The molecule has 0 aromatic carbocycles. The average Bonchev–Trinajstić information content (AvgIpc) is 3.06. The molecule has 3 rings (SSSR count). The SMILES string of the molecule is Cc1ncc(NC(=O)c2cn(C)nc2C2CCCCC2)s1. The van der Waals surface area contributed by atoms with Crippen LogP contribution in [-0.4, -0.2) is 20.7 Å². The zero-order valence-corrected chi connectivity index (χ0v) is 13.2. The molecule has 1 amide bonds. The first-order valence-corrected chi connectivity index (χ1v) is 8.22. The van der Waals surface area contributed by atoms with Gasteiger partial charge in [0.2, 0.25) is 0 Å². The number of hydrogen-bond donors (Lipinski definition) is 1. The van der Waals surface area contributed by atoms with Crippen molar-refractivity contribution in [2.75, 3.05) is 5.32 Å². The van der Waals surface area contributed by atoms with Gasteiger partial charge in [-0.2, -0.15) is 5.10 Å². The number of carbonyl (C=O) groups is 1. The zero-order chi connectivity index (χ0) is 14.8. The number of amides is 1. The Kier molecular flexibility index (Phi) is 4.05. The molecule has 0 radical (unpaired) electrons. The number of rotatable bonds is 3. The predicted octanol–water partition coefficient (Wildman–Crippen LogP) is 3.49. The lowest BCUT2D eigenvalue weighted by atomic mass is 9.85. The largest absolute Gasteiger partial charge is 0.312 e. The average molecular weight is 304 g/mol. The summed E-state index contributed by atoms with van der Waals surface area (Å²) in [6, 6.07) is 0. The van der Waals surface area contributed by atoms with Gasteiger partial charge in [0.15, 0.2) is 0 Å². The van der Waals surface area contributed by atoms with E-state index < -0.39 is 0 Å². The normalized spacial score (nSPS) is 16.1. The Balaban J connectivity index is 1.82. The number of aromatic nitrogens is 3. The second kappa shape index (κ2) is 5.97. The maximum absolute atomic E-state index is 12.5. The van der Waals surface area contributed by atoms with Crippen LogP contribution >= 0.6 is 11.3 Å². The molecule has 6 heteroatoms. The van der Waals surface area contributed by atoms with Crippen molar-refractivity contribution >= 4 is 22.2 Å². The molecule has 5 nitrogen and oxygen atoms in total. The molecule has 2 aromatic rings. The second-order valence-electron chi connectivity index (χ2n) is 5.63. The number of thiazole rings is 1. The number of carbonyl (C=O) groups excluding carboxylic acids is 1. The van der Waals surface area contributed by atoms with Gasteiger partial charge in [0.1, 0.15) is 5.00 Å². The van der Waals surface area contributed by atoms with Gasteiger partial charge in [-0.3, -0.25) is 9.48 Å². The van der Waals surface area contributed by atoms with Crippen molar-refractivity contribution in [3.8, 4) is 0 Å². The van der Waals surface area contributed by atoms with Crippen LogP contribution in [0.5, 0.6) is 0 Å². The number of nitrogens with one attached hydrogen (secondary N) is 1. The number of aryl methyl sites for hydroxylation is 2. The Morgan fingerprint density at radius 1 is 1.38 bits per heavy atom. The van der Waals surface area contributed by atoms with E-state index in [2.05, 4.69) is 15.4 Å². The molecule has 112 valence electrons. The molecule has 2 aromatic heterocycles. The Bertz CT molecular complexity index is 640. The van der Waals surface area contributed by atoms with E-state index in [0.717, 1.165) is 28.5 Å². The quantitative estimate of drug-likeness (QED) is 0.944. The van der Waals surface area contributed by atoms with Crippen LogP contribution in [-0.2, 0) is 7.05 Å². The fourth-order valence-corrected chi connectivity index (χ4v) is 3.63. The number of anilines is 1. The molecule has 2 heterocycles. The summed E-state index contributed by atoms with van der Waals surface area (Å²) >= 11 is 1.49. The molecule has 1 N–H and O–H groups in total. The van der Waals surface area contributed by atoms with E-state index in [1.807, 2.05) is 20.2 Å². The van der Waals surface area contributed by atoms with Crippen LogP contribution in [0.15, 0.2) is 12.4 Å². The molecule has 1 aliphatic carbocycles. The molecule has 0 bridgehead atoms. The van der Waals surface area contributed by atoms with Gasteiger partial charge < -0.3 is 5.32 Å².